The molecule has 7 N–H and O–H groups in total. The maximum Gasteiger partial charge on any atom is 0.337 e. The fraction of sp³-hybridized carbons (Fsp3) is 0.0526. The summed E-state index contributed by atoms with van der Waals surface area (Å²) in [5.41, 5.74) is 10.6. The number of carboxylic acids is 1. The number of primary amides is 2. The number of amides is 4. The highest BCUT2D eigenvalue weighted by Gasteiger charge is 2.29. The van der Waals surface area contributed by atoms with Gasteiger partial charge in [-0.25, -0.2) is 4.79 Å². The van der Waals surface area contributed by atoms with E-state index in [1.54, 1.807) is 136 Å². The van der Waals surface area contributed by atoms with Crippen molar-refractivity contribution in [2.24, 2.45) is 11.5 Å². The third-order valence-corrected chi connectivity index (χ3v) is 11.0. The number of hydrogen-bond donors (Lipinski definition) is 5. The third kappa shape index (κ3) is 7.26. The fourth-order valence-corrected chi connectivity index (χ4v) is 12.2. The van der Waals surface area contributed by atoms with Crippen LogP contribution >= 0.6 is 147 Å². The van der Waals surface area contributed by atoms with Gasteiger partial charge in [0.1, 0.15) is 6.42 Å². The molecule has 0 fully saturated rings. The Morgan fingerprint density at radius 2 is 0.946 bits per heavy atom. The zero-order valence-corrected chi connectivity index (χ0v) is 31.1. The van der Waals surface area contributed by atoms with E-state index < -0.39 is 41.3 Å². The van der Waals surface area contributed by atoms with Crippen molar-refractivity contribution in [1.29, 1.82) is 0 Å². The predicted octanol–water partition coefficient (Wildman–Crippen LogP) is 4.56. The summed E-state index contributed by atoms with van der Waals surface area (Å²) in [6.07, 6.45) is -0.735. The minimum absolute atomic E-state index is 0.00933. The first-order chi connectivity index (χ1) is 17.0. The second-order valence-electron chi connectivity index (χ2n) is 6.71. The maximum atomic E-state index is 12.8. The second-order valence-corrected chi connectivity index (χ2v) is 13.5. The lowest BCUT2D eigenvalue weighted by molar-refractivity contribution is -0.123. The Morgan fingerprint density at radius 3 is 1.27 bits per heavy atom. The minimum Gasteiger partial charge on any atom is -0.478 e. The highest BCUT2D eigenvalue weighted by Crippen LogP contribution is 2.37. The van der Waals surface area contributed by atoms with Crippen LogP contribution in [-0.2, 0) is 9.59 Å². The summed E-state index contributed by atoms with van der Waals surface area (Å²) in [6, 6.07) is 0. The van der Waals surface area contributed by atoms with Crippen molar-refractivity contribution in [3.8, 4) is 0 Å². The van der Waals surface area contributed by atoms with Gasteiger partial charge in [0.15, 0.2) is 0 Å². The molecule has 0 radical (unpaired) electrons. The van der Waals surface area contributed by atoms with Gasteiger partial charge in [0.2, 0.25) is 11.8 Å². The van der Waals surface area contributed by atoms with Crippen LogP contribution in [0, 0.1) is 21.4 Å². The Bertz CT molecular complexity index is 1250. The molecule has 0 saturated heterocycles. The number of anilines is 2. The molecule has 0 heterocycles. The van der Waals surface area contributed by atoms with Crippen LogP contribution in [0.1, 0.15) is 47.9 Å². The van der Waals surface area contributed by atoms with Crippen LogP contribution in [0.5, 0.6) is 0 Å². The average Bonchev–Trinajstić information content (AvgIpc) is 2.73. The molecular weight excluding hydrogens is 1190 g/mol. The van der Waals surface area contributed by atoms with Crippen LogP contribution in [0.2, 0.25) is 0 Å². The van der Waals surface area contributed by atoms with E-state index >= 15 is 0 Å². The molecule has 11 nitrogen and oxygen atoms in total. The predicted molar refractivity (Wildman–Crippen MR) is 185 cm³/mol. The number of rotatable bonds is 8. The number of carbonyl (C=O) groups excluding carboxylic acids is 5. The molecule has 0 spiro atoms. The van der Waals surface area contributed by atoms with Crippen molar-refractivity contribution in [2.75, 3.05) is 10.6 Å². The SMILES string of the molecule is NC(=O)c1c(I)c(NC(=O)CC(=O)Nc2c(I)c(C(N)=O)c(I)c(C(=O)Cl)c2I)c(I)c(C(=O)O)c1I. The van der Waals surface area contributed by atoms with E-state index in [0.29, 0.717) is 0 Å². The lowest BCUT2D eigenvalue weighted by atomic mass is 10.1. The van der Waals surface area contributed by atoms with Gasteiger partial charge in [-0.1, -0.05) is 0 Å². The molecule has 0 aliphatic rings. The highest BCUT2D eigenvalue weighted by molar-refractivity contribution is 14.1. The molecule has 2 aromatic carbocycles. The van der Waals surface area contributed by atoms with Crippen molar-refractivity contribution in [1.82, 2.24) is 0 Å². The van der Waals surface area contributed by atoms with Crippen LogP contribution in [0.15, 0.2) is 0 Å². The smallest absolute Gasteiger partial charge is 0.337 e. The van der Waals surface area contributed by atoms with E-state index in [1.165, 1.54) is 0 Å². The van der Waals surface area contributed by atoms with Crippen molar-refractivity contribution in [3.63, 3.8) is 0 Å². The topological polar surface area (TPSA) is 199 Å². The van der Waals surface area contributed by atoms with Gasteiger partial charge in [0, 0.05) is 7.14 Å². The van der Waals surface area contributed by atoms with Crippen LogP contribution in [0.4, 0.5) is 11.4 Å². The van der Waals surface area contributed by atoms with Gasteiger partial charge < -0.3 is 27.2 Å². The zero-order valence-electron chi connectivity index (χ0n) is 17.4. The van der Waals surface area contributed by atoms with Gasteiger partial charge in [-0.3, -0.25) is 24.0 Å². The molecule has 0 atom stereocenters. The molecule has 0 unspecified atom stereocenters. The summed E-state index contributed by atoms with van der Waals surface area (Å²) in [4.78, 5) is 73.2. The number of carbonyl (C=O) groups is 6. The van der Waals surface area contributed by atoms with Crippen LogP contribution in [0.3, 0.4) is 0 Å². The number of benzene rings is 2. The number of aromatic carboxylic acids is 1. The van der Waals surface area contributed by atoms with Crippen LogP contribution in [-0.4, -0.2) is 39.9 Å². The fourth-order valence-electron chi connectivity index (χ4n) is 2.85. The van der Waals surface area contributed by atoms with Crippen LogP contribution in [0.25, 0.3) is 0 Å². The molecule has 4 amide bonds. The molecule has 37 heavy (non-hydrogen) atoms. The lowest BCUT2D eigenvalue weighted by Gasteiger charge is -2.18. The van der Waals surface area contributed by atoms with Gasteiger partial charge in [0.25, 0.3) is 17.1 Å². The average molecular weight is 1200 g/mol. The molecule has 196 valence electrons. The van der Waals surface area contributed by atoms with E-state index in [4.69, 9.17) is 23.1 Å². The quantitative estimate of drug-likeness (QED) is 0.145. The first-order valence-electron chi connectivity index (χ1n) is 9.06. The number of nitrogens with two attached hydrogens (primary N) is 2. The number of halogens is 7. The first-order valence-corrected chi connectivity index (χ1v) is 15.9. The summed E-state index contributed by atoms with van der Waals surface area (Å²) in [6.45, 7) is 0. The number of carboxylic acid groups (broad SMARTS) is 1. The van der Waals surface area contributed by atoms with E-state index in [-0.39, 0.29) is 55.0 Å². The van der Waals surface area contributed by atoms with E-state index in [2.05, 4.69) is 10.6 Å². The molecule has 2 aromatic rings. The van der Waals surface area contributed by atoms with Crippen molar-refractivity contribution in [3.05, 3.63) is 43.7 Å². The Morgan fingerprint density at radius 1 is 0.622 bits per heavy atom. The maximum absolute atomic E-state index is 12.8. The van der Waals surface area contributed by atoms with E-state index in [1.807, 2.05) is 0 Å². The molecule has 18 heteroatoms. The molecule has 0 aliphatic heterocycles. The number of hydrogen-bond acceptors (Lipinski definition) is 6. The molecular formula is C19H9ClI6N4O7. The highest BCUT2D eigenvalue weighted by atomic mass is 127. The van der Waals surface area contributed by atoms with Crippen LogP contribution < -0.4 is 22.1 Å². The Hall–Kier alpha value is 0.130. The largest absolute Gasteiger partial charge is 0.478 e. The molecule has 0 saturated carbocycles. The normalized spacial score (nSPS) is 10.6. The van der Waals surface area contributed by atoms with Gasteiger partial charge >= 0.3 is 5.97 Å². The summed E-state index contributed by atoms with van der Waals surface area (Å²) in [7, 11) is 0. The van der Waals surface area contributed by atoms with E-state index in [9.17, 15) is 33.9 Å². The lowest BCUT2D eigenvalue weighted by Crippen LogP contribution is -2.26. The van der Waals surface area contributed by atoms with E-state index in [0.717, 1.165) is 0 Å². The summed E-state index contributed by atoms with van der Waals surface area (Å²) in [5, 5.41) is 13.7. The Labute approximate surface area is 294 Å². The Kier molecular flexibility index (Phi) is 12.3. The summed E-state index contributed by atoms with van der Waals surface area (Å²) >= 11 is 16.2. The van der Waals surface area contributed by atoms with Gasteiger partial charge in [-0.05, 0) is 147 Å². The summed E-state index contributed by atoms with van der Waals surface area (Å²) < 4.78 is 1.15. The molecule has 2 rings (SSSR count). The minimum atomic E-state index is -1.33. The van der Waals surface area contributed by atoms with Gasteiger partial charge in [-0.15, -0.1) is 0 Å². The van der Waals surface area contributed by atoms with Crippen molar-refractivity contribution in [2.45, 2.75) is 6.42 Å². The zero-order chi connectivity index (χ0) is 28.5. The summed E-state index contributed by atoms with van der Waals surface area (Å²) in [5.74, 6) is -4.72. The molecule has 0 aliphatic carbocycles. The van der Waals surface area contributed by atoms with Gasteiger partial charge in [-0.2, -0.15) is 0 Å². The number of nitrogens with one attached hydrogen (secondary N) is 2. The van der Waals surface area contributed by atoms with Gasteiger partial charge in [0.05, 0.1) is 47.9 Å². The van der Waals surface area contributed by atoms with Crippen molar-refractivity contribution < 1.29 is 33.9 Å². The Balaban J connectivity index is 2.45. The third-order valence-electron chi connectivity index (χ3n) is 4.39. The first kappa shape index (κ1) is 33.3. The monoisotopic (exact) mass is 1200 g/mol. The second kappa shape index (κ2) is 13.7. The van der Waals surface area contributed by atoms with Crippen molar-refractivity contribution >= 4 is 193 Å². The standard InChI is InChI=1S/C19H9ClI6N4O7/c20-16(33)4-8(21)5(17(27)34)11(24)14(10(4)23)29-2(31)1-3(32)30-15-12(25)6(18(28)35)9(22)7(13(15)26)19(36)37/h1H2,(H2,27,34)(H2,28,35)(H,29,31)(H,30,32)(H,36,37). The molecule has 0 aromatic heterocycles. The molecule has 0 bridgehead atoms.